The van der Waals surface area contributed by atoms with Crippen molar-refractivity contribution in [2.75, 3.05) is 0 Å². The Morgan fingerprint density at radius 2 is 1.25 bits per heavy atom. The normalized spacial score (nSPS) is 1.00. The van der Waals surface area contributed by atoms with Crippen molar-refractivity contribution in [2.45, 2.75) is 0 Å². The fraction of sp³-hybridized carbons (Fsp3) is 0. The van der Waals surface area contributed by atoms with Crippen LogP contribution in [0.4, 0.5) is 0 Å². The van der Waals surface area contributed by atoms with Crippen LogP contribution in [0.5, 0.6) is 0 Å². The molecule has 4 heavy (non-hydrogen) atoms. The van der Waals surface area contributed by atoms with Crippen molar-refractivity contribution < 1.29 is 21.3 Å². The van der Waals surface area contributed by atoms with Gasteiger partial charge in [0.05, 0.1) is 0 Å². The molecule has 0 unspecified atom stereocenters. The van der Waals surface area contributed by atoms with E-state index in [9.17, 15) is 0 Å². The Bertz CT molecular complexity index is 8.00. The Morgan fingerprint density at radius 3 is 1.25 bits per heavy atom. The van der Waals surface area contributed by atoms with Crippen molar-refractivity contribution in [2.24, 2.45) is 0 Å². The van der Waals surface area contributed by atoms with Gasteiger partial charge in [-0.1, -0.05) is 0 Å². The minimum Gasteiger partial charge on any atom is -0.261 e. The van der Waals surface area contributed by atoms with Gasteiger partial charge in [0.2, 0.25) is 0 Å². The van der Waals surface area contributed by atoms with Crippen molar-refractivity contribution in [3.8, 4) is 0 Å². The molecule has 0 aromatic heterocycles. The average Bonchev–Trinajstić information content (AvgIpc) is 1.00. The summed E-state index contributed by atoms with van der Waals surface area (Å²) in [5.74, 6) is 0. The van der Waals surface area contributed by atoms with Gasteiger partial charge >= 0.3 is 0 Å². The van der Waals surface area contributed by atoms with E-state index >= 15 is 0 Å². The molecule has 4 heteroatoms. The third kappa shape index (κ3) is 10.7. The number of rotatable bonds is 0. The van der Waals surface area contributed by atoms with Crippen LogP contribution in [0.15, 0.2) is 0 Å². The summed E-state index contributed by atoms with van der Waals surface area (Å²) in [7, 11) is 2.28. The molecule has 0 aliphatic rings. The predicted molar refractivity (Wildman–Crippen MR) is 13.4 cm³/mol. The van der Waals surface area contributed by atoms with Crippen molar-refractivity contribution >= 4 is 28.0 Å². The first-order valence-electron chi connectivity index (χ1n) is 0.183. The summed E-state index contributed by atoms with van der Waals surface area (Å²) in [6, 6.07) is 0. The van der Waals surface area contributed by atoms with E-state index in [4.69, 9.17) is 4.57 Å². The molecule has 0 aromatic carbocycles. The third-order valence-electron chi connectivity index (χ3n) is 0. The molecule has 0 aliphatic heterocycles. The monoisotopic (exact) mass is 113 g/mol. The maximum absolute atomic E-state index is 7.94. The molecule has 0 rings (SSSR count). The number of hydrogen-bond acceptors (Lipinski definition) is 1. The smallest absolute Gasteiger partial charge is 0.261 e. The molecule has 0 bridgehead atoms. The van der Waals surface area contributed by atoms with Gasteiger partial charge in [0, 0.05) is 35.6 Å². The van der Waals surface area contributed by atoms with Gasteiger partial charge in [-0.25, -0.2) is 0 Å². The van der Waals surface area contributed by atoms with Crippen molar-refractivity contribution in [1.82, 2.24) is 0 Å². The standard InChI is InChI=1S/Co.Li.OP/c;;1-2. The second-order valence-corrected chi connectivity index (χ2v) is 0. The SMILES string of the molecule is O=[P].[Co].[Li]. The summed E-state index contributed by atoms with van der Waals surface area (Å²) in [5.41, 5.74) is 0. The second kappa shape index (κ2) is 29.8. The van der Waals surface area contributed by atoms with Crippen LogP contribution in [0.2, 0.25) is 0 Å². The fourth-order valence-corrected chi connectivity index (χ4v) is 0. The van der Waals surface area contributed by atoms with E-state index in [1.165, 1.54) is 0 Å². The molecule has 0 N–H and O–H groups in total. The second-order valence-electron chi connectivity index (χ2n) is 0. The Morgan fingerprint density at radius 1 is 1.25 bits per heavy atom. The van der Waals surface area contributed by atoms with Gasteiger partial charge < -0.3 is 0 Å². The van der Waals surface area contributed by atoms with Crippen LogP contribution in [-0.4, -0.2) is 18.9 Å². The molecule has 21 valence electrons. The quantitative estimate of drug-likeness (QED) is 0.327. The largest absolute Gasteiger partial charge is 0.261 e. The van der Waals surface area contributed by atoms with Crippen LogP contribution in [0, 0.1) is 0 Å². The zero-order chi connectivity index (χ0) is 2.00. The van der Waals surface area contributed by atoms with Gasteiger partial charge in [0.15, 0.2) is 0 Å². The minimum atomic E-state index is 0. The van der Waals surface area contributed by atoms with Crippen molar-refractivity contribution in [3.05, 3.63) is 0 Å². The number of hydrogen-bond donors (Lipinski definition) is 0. The maximum atomic E-state index is 7.94. The molecule has 0 saturated carbocycles. The van der Waals surface area contributed by atoms with Gasteiger partial charge in [-0.2, -0.15) is 0 Å². The van der Waals surface area contributed by atoms with Crippen molar-refractivity contribution in [3.63, 3.8) is 0 Å². The first-order valence-corrected chi connectivity index (χ1v) is 0.548. The van der Waals surface area contributed by atoms with Gasteiger partial charge in [0.1, 0.15) is 0 Å². The van der Waals surface area contributed by atoms with Crippen LogP contribution in [0.3, 0.4) is 0 Å². The zero-order valence-electron chi connectivity index (χ0n) is 2.19. The molecule has 0 aromatic rings. The Kier molecular flexibility index (Phi) is 141. The van der Waals surface area contributed by atoms with Crippen LogP contribution < -0.4 is 0 Å². The van der Waals surface area contributed by atoms with Gasteiger partial charge in [-0.15, -0.1) is 0 Å². The summed E-state index contributed by atoms with van der Waals surface area (Å²) in [5, 5.41) is 0. The van der Waals surface area contributed by atoms with Crippen LogP contribution in [-0.2, 0) is 21.3 Å². The Balaban J connectivity index is -0.00000000500. The molecule has 0 spiro atoms. The molecular weight excluding hydrogens is 113 g/mol. The fourth-order valence-electron chi connectivity index (χ4n) is 0. The maximum Gasteiger partial charge on any atom is 0.261 e. The molecule has 0 fully saturated rings. The summed E-state index contributed by atoms with van der Waals surface area (Å²) in [4.78, 5) is 0. The topological polar surface area (TPSA) is 17.1 Å². The molecular formula is CoLiOP. The molecule has 0 heterocycles. The molecule has 0 saturated heterocycles. The van der Waals surface area contributed by atoms with Crippen LogP contribution in [0.1, 0.15) is 0 Å². The summed E-state index contributed by atoms with van der Waals surface area (Å²) in [6.45, 7) is 0. The molecule has 0 amide bonds. The zero-order valence-corrected chi connectivity index (χ0v) is 4.12. The van der Waals surface area contributed by atoms with E-state index in [0.29, 0.717) is 0 Å². The van der Waals surface area contributed by atoms with E-state index in [1.807, 2.05) is 0 Å². The Hall–Kier alpha value is 1.20. The van der Waals surface area contributed by atoms with E-state index in [-0.39, 0.29) is 35.6 Å². The molecule has 3 radical (unpaired) electrons. The first kappa shape index (κ1) is 18.9. The summed E-state index contributed by atoms with van der Waals surface area (Å²) < 4.78 is 7.94. The summed E-state index contributed by atoms with van der Waals surface area (Å²) >= 11 is 0. The van der Waals surface area contributed by atoms with E-state index < -0.39 is 0 Å². The molecule has 1 nitrogen and oxygen atoms in total. The van der Waals surface area contributed by atoms with Crippen molar-refractivity contribution in [1.29, 1.82) is 0 Å². The predicted octanol–water partition coefficient (Wildman–Crippen LogP) is 0.359. The minimum absolute atomic E-state index is 0. The van der Waals surface area contributed by atoms with E-state index in [2.05, 4.69) is 9.12 Å². The van der Waals surface area contributed by atoms with E-state index in [1.54, 1.807) is 0 Å². The van der Waals surface area contributed by atoms with Gasteiger partial charge in [-0.3, -0.25) is 4.57 Å². The molecule has 0 atom stereocenters. The van der Waals surface area contributed by atoms with Crippen LogP contribution in [0.25, 0.3) is 0 Å². The van der Waals surface area contributed by atoms with Crippen LogP contribution >= 0.6 is 9.12 Å². The first-order chi connectivity index (χ1) is 1.00. The third-order valence-corrected chi connectivity index (χ3v) is 0. The van der Waals surface area contributed by atoms with E-state index in [0.717, 1.165) is 0 Å². The average molecular weight is 113 g/mol. The summed E-state index contributed by atoms with van der Waals surface area (Å²) in [6.07, 6.45) is 0. The Labute approximate surface area is 49.5 Å². The van der Waals surface area contributed by atoms with Gasteiger partial charge in [0.25, 0.3) is 9.12 Å². The van der Waals surface area contributed by atoms with Gasteiger partial charge in [-0.05, 0) is 0 Å². The molecule has 0 aliphatic carbocycles.